The number of hydrogen-bond acceptors (Lipinski definition) is 5. The quantitative estimate of drug-likeness (QED) is 0.236. The maximum atomic E-state index is 13.4. The van der Waals surface area contributed by atoms with Crippen LogP contribution in [0.25, 0.3) is 0 Å². The van der Waals surface area contributed by atoms with Crippen molar-refractivity contribution in [3.05, 3.63) is 0 Å². The third-order valence-corrected chi connectivity index (χ3v) is 22.6. The van der Waals surface area contributed by atoms with Gasteiger partial charge in [-0.05, 0) is 128 Å². The third-order valence-electron chi connectivity index (χ3n) is 13.8. The molecule has 5 atom stereocenters. The molecule has 11 fully saturated rings. The Hall–Kier alpha value is 1.55. The first-order valence-electron chi connectivity index (χ1n) is 20.5. The Morgan fingerprint density at radius 2 is 0.388 bits per heavy atom. The van der Waals surface area contributed by atoms with Gasteiger partial charge in [0, 0.05) is 53.3 Å². The molecule has 6 saturated heterocycles. The van der Waals surface area contributed by atoms with E-state index in [9.17, 15) is 22.8 Å². The van der Waals surface area contributed by atoms with Crippen molar-refractivity contribution < 1.29 is 22.8 Å². The summed E-state index contributed by atoms with van der Waals surface area (Å²) in [5.74, 6) is 12.7. The second-order valence-corrected chi connectivity index (χ2v) is 25.8. The van der Waals surface area contributed by atoms with Gasteiger partial charge < -0.3 is 22.8 Å². The van der Waals surface area contributed by atoms with Crippen LogP contribution in [0.5, 0.6) is 0 Å². The topological polar surface area (TPSA) is 115 Å². The van der Waals surface area contributed by atoms with E-state index < -0.39 is 55.9 Å². The zero-order chi connectivity index (χ0) is 34.2. The van der Waals surface area contributed by atoms with E-state index in [1.165, 1.54) is 0 Å². The van der Waals surface area contributed by atoms with E-state index in [0.29, 0.717) is 58.5 Å². The van der Waals surface area contributed by atoms with Crippen molar-refractivity contribution in [2.75, 3.05) is 51.8 Å². The molecule has 0 N–H and O–H groups in total. The summed E-state index contributed by atoms with van der Waals surface area (Å²) in [6, 6.07) is 0. The lowest BCUT2D eigenvalue weighted by molar-refractivity contribution is 0.297. The van der Waals surface area contributed by atoms with Crippen molar-refractivity contribution in [2.45, 2.75) is 134 Å². The molecule has 6 aliphatic heterocycles. The predicted octanol–water partition coefficient (Wildman–Crippen LogP) is 7.53. The lowest BCUT2D eigenvalue weighted by atomic mass is 9.84. The molecule has 0 amide bonds. The van der Waals surface area contributed by atoms with Crippen molar-refractivity contribution in [3.63, 3.8) is 0 Å². The van der Waals surface area contributed by atoms with Crippen molar-refractivity contribution in [1.82, 2.24) is 0 Å². The molecule has 0 spiro atoms. The van der Waals surface area contributed by atoms with E-state index in [-0.39, 0.29) is 0 Å². The van der Waals surface area contributed by atoms with Gasteiger partial charge in [-0.15, -0.1) is 0 Å². The molecule has 0 aromatic carbocycles. The normalized spacial score (nSPS) is 47.6. The standard InChI is InChI=1S/C39H68O5S5/c40-45-21-30-1-3-31(4-2-30)22-46(41)24-33-9-11-35(12-10-33)26-48(43)28-37-17-19-39(20-18-37)49(44)29-38-15-13-36(14-16-38)27-47(42)25-34-7-5-32(23-45)6-8-34/h30-39H,1-29H2/t30-,31+,32-,33-,34+,35+,36-,37-,38+,39+,45?,46?,47?,48?,49?. The Balaban J connectivity index is 0.981. The Kier molecular flexibility index (Phi) is 16.8. The van der Waals surface area contributed by atoms with Crippen LogP contribution in [0.15, 0.2) is 0 Å². The monoisotopic (exact) mass is 776 g/mol. The molecule has 5 unspecified atom stereocenters. The summed E-state index contributed by atoms with van der Waals surface area (Å²) >= 11 is -3.75. The van der Waals surface area contributed by atoms with E-state index in [1.807, 2.05) is 0 Å². The minimum Gasteiger partial charge on any atom is -0.616 e. The molecule has 5 aliphatic carbocycles. The van der Waals surface area contributed by atoms with Crippen LogP contribution < -0.4 is 0 Å². The van der Waals surface area contributed by atoms with Gasteiger partial charge in [-0.3, -0.25) is 0 Å². The SMILES string of the molecule is [O-][S+]1C[C@H]2CC[C@H](CC2)C[S+]([O-])C[C@H]2CC[C@H](CC2)C[S+]([O-])C[C@H]2CC[C@H](CC2)[S+]([O-])C[C@@H]2CC[C@@H](CC2)C[S+]([O-])C[C@@H]2CC[C@@H](CC2)C1. The minimum atomic E-state index is -0.762. The van der Waals surface area contributed by atoms with E-state index in [1.54, 1.807) is 0 Å². The van der Waals surface area contributed by atoms with Crippen LogP contribution in [0.1, 0.15) is 128 Å². The zero-order valence-electron chi connectivity index (χ0n) is 30.4. The van der Waals surface area contributed by atoms with Crippen LogP contribution in [0.3, 0.4) is 0 Å². The van der Waals surface area contributed by atoms with E-state index in [0.717, 1.165) is 180 Å². The van der Waals surface area contributed by atoms with Gasteiger partial charge in [-0.2, -0.15) is 0 Å². The van der Waals surface area contributed by atoms with Gasteiger partial charge in [-0.1, -0.05) is 55.9 Å². The lowest BCUT2D eigenvalue weighted by Gasteiger charge is -2.34. The first-order valence-corrected chi connectivity index (χ1v) is 27.8. The summed E-state index contributed by atoms with van der Waals surface area (Å²) in [6.07, 6.45) is 22.6. The molecule has 6 heterocycles. The smallest absolute Gasteiger partial charge is 0.115 e. The fraction of sp³-hybridized carbons (Fsp3) is 1.00. The minimum absolute atomic E-state index is 0.323. The summed E-state index contributed by atoms with van der Waals surface area (Å²) in [7, 11) is 0. The van der Waals surface area contributed by atoms with Crippen LogP contribution in [-0.2, 0) is 55.9 Å². The molecule has 0 aromatic heterocycles. The fourth-order valence-electron chi connectivity index (χ4n) is 10.6. The molecule has 0 radical (unpaired) electrons. The molecule has 5 saturated carbocycles. The third kappa shape index (κ3) is 13.4. The molecule has 0 aromatic rings. The van der Waals surface area contributed by atoms with E-state index >= 15 is 0 Å². The Morgan fingerprint density at radius 3 is 0.592 bits per heavy atom. The highest BCUT2D eigenvalue weighted by molar-refractivity contribution is 7.92. The fourth-order valence-corrected chi connectivity index (χ4v) is 19.8. The highest BCUT2D eigenvalue weighted by atomic mass is 32.2. The Bertz CT molecular complexity index is 925. The maximum Gasteiger partial charge on any atom is 0.115 e. The van der Waals surface area contributed by atoms with Gasteiger partial charge in [-0.25, -0.2) is 0 Å². The van der Waals surface area contributed by atoms with E-state index in [4.69, 9.17) is 0 Å². The molecular formula is C39H68O5S5. The van der Waals surface area contributed by atoms with Gasteiger partial charge in [0.1, 0.15) is 57.0 Å². The van der Waals surface area contributed by atoms with Crippen LogP contribution in [0.4, 0.5) is 0 Å². The average molecular weight is 777 g/mol. The first kappa shape index (κ1) is 40.2. The Labute approximate surface area is 315 Å². The first-order chi connectivity index (χ1) is 23.7. The molecule has 10 heteroatoms. The van der Waals surface area contributed by atoms with Crippen LogP contribution in [0.2, 0.25) is 0 Å². The summed E-state index contributed by atoms with van der Waals surface area (Å²) < 4.78 is 66.1. The predicted molar refractivity (Wildman–Crippen MR) is 212 cm³/mol. The molecule has 11 aliphatic rings. The molecular weight excluding hydrogens is 709 g/mol. The Morgan fingerprint density at radius 1 is 0.224 bits per heavy atom. The number of hydrogen-bond donors (Lipinski definition) is 0. The highest BCUT2D eigenvalue weighted by Crippen LogP contribution is 2.38. The van der Waals surface area contributed by atoms with Crippen molar-refractivity contribution in [2.24, 2.45) is 53.3 Å². The molecule has 5 nitrogen and oxygen atoms in total. The van der Waals surface area contributed by atoms with Crippen molar-refractivity contribution in [1.29, 1.82) is 0 Å². The van der Waals surface area contributed by atoms with Gasteiger partial charge >= 0.3 is 0 Å². The maximum absolute atomic E-state index is 13.4. The number of fused-ring (bicyclic) bond motifs is 5. The summed E-state index contributed by atoms with van der Waals surface area (Å²) in [5.41, 5.74) is 0. The molecule has 49 heavy (non-hydrogen) atoms. The second kappa shape index (κ2) is 20.5. The van der Waals surface area contributed by atoms with E-state index in [2.05, 4.69) is 0 Å². The van der Waals surface area contributed by atoms with Crippen LogP contribution in [-0.4, -0.2) is 79.8 Å². The van der Waals surface area contributed by atoms with Crippen LogP contribution in [0, 0.1) is 53.3 Å². The number of rotatable bonds is 0. The highest BCUT2D eigenvalue weighted by Gasteiger charge is 2.37. The van der Waals surface area contributed by atoms with Gasteiger partial charge in [0.15, 0.2) is 0 Å². The molecule has 10 bridgehead atoms. The summed E-state index contributed by atoms with van der Waals surface area (Å²) in [5, 5.41) is 0.323. The van der Waals surface area contributed by atoms with Gasteiger partial charge in [0.05, 0.1) is 0 Å². The van der Waals surface area contributed by atoms with Crippen molar-refractivity contribution >= 4 is 55.9 Å². The lowest BCUT2D eigenvalue weighted by Crippen LogP contribution is -2.35. The van der Waals surface area contributed by atoms with Crippen molar-refractivity contribution in [3.8, 4) is 0 Å². The second-order valence-electron chi connectivity index (χ2n) is 17.8. The molecule has 11 rings (SSSR count). The molecule has 284 valence electrons. The van der Waals surface area contributed by atoms with Gasteiger partial charge in [0.25, 0.3) is 0 Å². The van der Waals surface area contributed by atoms with Crippen LogP contribution >= 0.6 is 0 Å². The summed E-state index contributed by atoms with van der Waals surface area (Å²) in [4.78, 5) is 0. The van der Waals surface area contributed by atoms with Gasteiger partial charge in [0.2, 0.25) is 0 Å². The summed E-state index contributed by atoms with van der Waals surface area (Å²) in [6.45, 7) is 0. The largest absolute Gasteiger partial charge is 0.616 e. The zero-order valence-corrected chi connectivity index (χ0v) is 34.4. The average Bonchev–Trinajstić information content (AvgIpc) is 3.08.